The third-order valence-electron chi connectivity index (χ3n) is 5.70. The minimum atomic E-state index is -0.122. The van der Waals surface area contributed by atoms with Gasteiger partial charge in [0.15, 0.2) is 0 Å². The van der Waals surface area contributed by atoms with Crippen molar-refractivity contribution in [1.82, 2.24) is 15.5 Å². The maximum absolute atomic E-state index is 11.9. The van der Waals surface area contributed by atoms with E-state index in [2.05, 4.69) is 15.5 Å². The number of carbonyl (C=O) groups is 1. The van der Waals surface area contributed by atoms with Crippen molar-refractivity contribution < 1.29 is 4.79 Å². The largest absolute Gasteiger partial charge is 0.353 e. The van der Waals surface area contributed by atoms with Gasteiger partial charge in [0, 0.05) is 23.3 Å². The Bertz CT molecular complexity index is 841. The molecule has 24 heavy (non-hydrogen) atoms. The summed E-state index contributed by atoms with van der Waals surface area (Å²) in [4.78, 5) is 23.7. The Morgan fingerprint density at radius 1 is 1.21 bits per heavy atom. The molecule has 5 nitrogen and oxygen atoms in total. The summed E-state index contributed by atoms with van der Waals surface area (Å²) in [5.74, 6) is 0.611. The highest BCUT2D eigenvalue weighted by Gasteiger charge is 2.54. The Labute approximate surface area is 140 Å². The summed E-state index contributed by atoms with van der Waals surface area (Å²) in [6.45, 7) is 3.85. The number of H-pyrrole nitrogens is 1. The lowest BCUT2D eigenvalue weighted by atomic mass is 9.49. The molecule has 0 radical (unpaired) electrons. The fourth-order valence-corrected chi connectivity index (χ4v) is 4.41. The maximum atomic E-state index is 11.9. The van der Waals surface area contributed by atoms with E-state index >= 15 is 0 Å². The summed E-state index contributed by atoms with van der Waals surface area (Å²) in [6.07, 6.45) is 4.35. The van der Waals surface area contributed by atoms with Crippen molar-refractivity contribution >= 4 is 16.7 Å². The number of hydrogen-bond acceptors (Lipinski definition) is 3. The normalized spacial score (nSPS) is 28.6. The monoisotopic (exact) mass is 325 g/mol. The molecule has 0 unspecified atom stereocenters. The van der Waals surface area contributed by atoms with Gasteiger partial charge in [-0.15, -0.1) is 0 Å². The number of hydrogen-bond donors (Lipinski definition) is 2. The third-order valence-corrected chi connectivity index (χ3v) is 5.70. The van der Waals surface area contributed by atoms with E-state index in [1.54, 1.807) is 0 Å². The van der Waals surface area contributed by atoms with Crippen molar-refractivity contribution in [3.8, 4) is 0 Å². The van der Waals surface area contributed by atoms with Crippen LogP contribution < -0.4 is 10.9 Å². The number of aromatic amines is 1. The molecule has 2 aliphatic carbocycles. The van der Waals surface area contributed by atoms with E-state index in [4.69, 9.17) is 0 Å². The van der Waals surface area contributed by atoms with Gasteiger partial charge in [0.25, 0.3) is 5.56 Å². The van der Waals surface area contributed by atoms with Gasteiger partial charge >= 0.3 is 0 Å². The summed E-state index contributed by atoms with van der Waals surface area (Å²) in [6, 6.07) is 8.03. The smallest absolute Gasteiger partial charge is 0.272 e. The Morgan fingerprint density at radius 3 is 2.54 bits per heavy atom. The number of nitrogens with zero attached hydrogens (tertiary/aromatic N) is 1. The number of aromatic nitrogens is 2. The zero-order valence-electron chi connectivity index (χ0n) is 14.1. The molecule has 0 saturated heterocycles. The number of rotatable bonds is 3. The van der Waals surface area contributed by atoms with E-state index < -0.39 is 0 Å². The molecular weight excluding hydrogens is 302 g/mol. The second-order valence-electron chi connectivity index (χ2n) is 7.86. The van der Waals surface area contributed by atoms with E-state index in [-0.39, 0.29) is 17.4 Å². The molecule has 0 bridgehead atoms. The highest BCUT2D eigenvalue weighted by molar-refractivity contribution is 5.84. The second-order valence-corrected chi connectivity index (χ2v) is 7.86. The number of fused-ring (bicyclic) bond motifs is 1. The molecule has 2 fully saturated rings. The van der Waals surface area contributed by atoms with Crippen LogP contribution >= 0.6 is 0 Å². The minimum absolute atomic E-state index is 0.0485. The quantitative estimate of drug-likeness (QED) is 0.911. The average Bonchev–Trinajstić information content (AvgIpc) is 2.49. The number of carbonyl (C=O) groups excluding carboxylic acids is 1. The summed E-state index contributed by atoms with van der Waals surface area (Å²) in [5, 5.41) is 11.8. The van der Waals surface area contributed by atoms with Crippen molar-refractivity contribution in [2.24, 2.45) is 11.3 Å². The lowest BCUT2D eigenvalue weighted by Crippen LogP contribution is -2.56. The molecule has 5 heteroatoms. The average molecular weight is 325 g/mol. The lowest BCUT2D eigenvalue weighted by molar-refractivity contribution is -0.127. The van der Waals surface area contributed by atoms with Gasteiger partial charge in [0.05, 0.1) is 11.1 Å². The van der Waals surface area contributed by atoms with Crippen LogP contribution in [0.2, 0.25) is 0 Å². The fourth-order valence-electron chi connectivity index (χ4n) is 4.41. The first-order chi connectivity index (χ1) is 11.5. The van der Waals surface area contributed by atoms with Crippen molar-refractivity contribution in [2.75, 3.05) is 0 Å². The Kier molecular flexibility index (Phi) is 3.48. The predicted molar refractivity (Wildman–Crippen MR) is 92.8 cm³/mol. The zero-order valence-corrected chi connectivity index (χ0v) is 14.1. The van der Waals surface area contributed by atoms with Crippen molar-refractivity contribution in [1.29, 1.82) is 0 Å². The van der Waals surface area contributed by atoms with E-state index in [1.807, 2.05) is 38.1 Å². The van der Waals surface area contributed by atoms with Crippen LogP contribution in [0.3, 0.4) is 0 Å². The van der Waals surface area contributed by atoms with Gasteiger partial charge in [-0.1, -0.05) is 32.0 Å². The predicted octanol–water partition coefficient (Wildman–Crippen LogP) is 2.72. The van der Waals surface area contributed by atoms with Crippen LogP contribution in [0.1, 0.15) is 51.1 Å². The van der Waals surface area contributed by atoms with Gasteiger partial charge in [-0.25, -0.2) is 5.10 Å². The number of benzene rings is 1. The molecule has 2 N–H and O–H groups in total. The Hall–Kier alpha value is -2.17. The van der Waals surface area contributed by atoms with Gasteiger partial charge in [-0.2, -0.15) is 5.10 Å². The molecule has 126 valence electrons. The van der Waals surface area contributed by atoms with Crippen LogP contribution in [0.15, 0.2) is 29.1 Å². The van der Waals surface area contributed by atoms with Crippen molar-refractivity contribution in [2.45, 2.75) is 51.5 Å². The van der Waals surface area contributed by atoms with Crippen LogP contribution in [-0.4, -0.2) is 22.1 Å². The molecule has 1 aromatic heterocycles. The molecule has 2 aromatic rings. The van der Waals surface area contributed by atoms with Crippen LogP contribution in [-0.2, 0) is 4.79 Å². The molecule has 2 aliphatic rings. The summed E-state index contributed by atoms with van der Waals surface area (Å²) in [7, 11) is 0. The van der Waals surface area contributed by atoms with Gasteiger partial charge in [-0.3, -0.25) is 9.59 Å². The molecule has 1 heterocycles. The van der Waals surface area contributed by atoms with E-state index in [0.29, 0.717) is 17.4 Å². The Balaban J connectivity index is 1.44. The van der Waals surface area contributed by atoms with Crippen LogP contribution in [0.25, 0.3) is 10.8 Å². The molecule has 4 rings (SSSR count). The van der Waals surface area contributed by atoms with Gasteiger partial charge in [0.2, 0.25) is 5.91 Å². The number of nitrogens with one attached hydrogen (secondary N) is 2. The van der Waals surface area contributed by atoms with Gasteiger partial charge in [0.1, 0.15) is 0 Å². The van der Waals surface area contributed by atoms with Crippen LogP contribution in [0.4, 0.5) is 0 Å². The van der Waals surface area contributed by atoms with Crippen LogP contribution in [0.5, 0.6) is 0 Å². The molecule has 0 atom stereocenters. The first kappa shape index (κ1) is 15.4. The zero-order chi connectivity index (χ0) is 16.9. The molecule has 1 amide bonds. The molecule has 0 aliphatic heterocycles. The standard InChI is InChI=1S/C19H23N3O2/c1-11(2)17(23)20-13-9-19(10-13)7-12(8-19)16-14-5-3-4-6-15(14)18(24)22-21-16/h3-6,11-13H,7-10H2,1-2H3,(H,20,23)(H,22,24)/t12-,13-,19?. The summed E-state index contributed by atoms with van der Waals surface area (Å²) < 4.78 is 0. The maximum Gasteiger partial charge on any atom is 0.272 e. The van der Waals surface area contributed by atoms with Crippen LogP contribution in [0, 0.1) is 11.3 Å². The highest BCUT2D eigenvalue weighted by atomic mass is 16.2. The fraction of sp³-hybridized carbons (Fsp3) is 0.526. The first-order valence-corrected chi connectivity index (χ1v) is 8.75. The topological polar surface area (TPSA) is 74.8 Å². The number of amides is 1. The SMILES string of the molecule is CC(C)C(=O)N[C@H]1CC2(C1)C[C@H](c1n[nH]c(=O)c3ccccc31)C2. The molecular formula is C19H23N3O2. The molecule has 1 aromatic carbocycles. The van der Waals surface area contributed by atoms with Gasteiger partial charge < -0.3 is 5.32 Å². The lowest BCUT2D eigenvalue weighted by Gasteiger charge is -2.57. The minimum Gasteiger partial charge on any atom is -0.353 e. The van der Waals surface area contributed by atoms with E-state index in [9.17, 15) is 9.59 Å². The second kappa shape index (κ2) is 5.43. The van der Waals surface area contributed by atoms with Crippen molar-refractivity contribution in [3.05, 3.63) is 40.3 Å². The van der Waals surface area contributed by atoms with Crippen molar-refractivity contribution in [3.63, 3.8) is 0 Å². The van der Waals surface area contributed by atoms with E-state index in [1.165, 1.54) is 0 Å². The third kappa shape index (κ3) is 2.43. The highest BCUT2D eigenvalue weighted by Crippen LogP contribution is 2.62. The summed E-state index contributed by atoms with van der Waals surface area (Å²) in [5.41, 5.74) is 1.27. The Morgan fingerprint density at radius 2 is 1.88 bits per heavy atom. The molecule has 2 saturated carbocycles. The van der Waals surface area contributed by atoms with E-state index in [0.717, 1.165) is 42.1 Å². The molecule has 1 spiro atoms. The van der Waals surface area contributed by atoms with Gasteiger partial charge in [-0.05, 0) is 37.2 Å². The first-order valence-electron chi connectivity index (χ1n) is 8.75. The summed E-state index contributed by atoms with van der Waals surface area (Å²) >= 11 is 0.